The number of amides is 2. The number of thiocarbonyl (C=S) groups is 1. The second-order valence-corrected chi connectivity index (χ2v) is 15.7. The Hall–Kier alpha value is -2.77. The Balaban J connectivity index is 1.61. The zero-order chi connectivity index (χ0) is 23.5. The van der Waals surface area contributed by atoms with E-state index in [0.29, 0.717) is 0 Å². The molecule has 1 aromatic heterocycles. The molecule has 1 fully saturated rings. The van der Waals surface area contributed by atoms with Gasteiger partial charge in [-0.15, -0.1) is 0 Å². The van der Waals surface area contributed by atoms with Gasteiger partial charge in [0.25, 0.3) is 0 Å². The number of nitrogens with zero attached hydrogens (tertiary/aromatic N) is 3. The summed E-state index contributed by atoms with van der Waals surface area (Å²) >= 11 is 5.13. The quantitative estimate of drug-likeness (QED) is 0.219. The van der Waals surface area contributed by atoms with Gasteiger partial charge in [0, 0.05) is 0 Å². The third kappa shape index (κ3) is 3.37. The Bertz CT molecular complexity index is 1290. The number of benzene rings is 2. The summed E-state index contributed by atoms with van der Waals surface area (Å²) in [5.74, 6) is -0.704. The predicted octanol–water partition coefficient (Wildman–Crippen LogP) is 2.95. The number of carbonyl (C=O) groups is 2. The van der Waals surface area contributed by atoms with Crippen LogP contribution in [0, 0.1) is 0 Å². The van der Waals surface area contributed by atoms with Gasteiger partial charge in [0.2, 0.25) is 0 Å². The molecule has 1 saturated heterocycles. The standard InChI is InChI=1S/C25H23N3O2SSeSi/c1-26-23(29)17(24(30)27(2)25(26)31)15-16-13-14-22(32-16)28-18-9-5-7-11-20(18)33(3,4)21-12-8-6-10-19(21)28/h5-15H,1-4H3. The van der Waals surface area contributed by atoms with Crippen molar-refractivity contribution in [3.05, 3.63) is 70.7 Å². The number of carbonyl (C=O) groups excluding carboxylic acids is 2. The van der Waals surface area contributed by atoms with Gasteiger partial charge in [-0.2, -0.15) is 0 Å². The third-order valence-electron chi connectivity index (χ3n) is 6.40. The molecular formula is C25H23N3O2SSeSi. The summed E-state index contributed by atoms with van der Waals surface area (Å²) in [4.78, 5) is 30.5. The van der Waals surface area contributed by atoms with Gasteiger partial charge in [-0.05, 0) is 0 Å². The summed E-state index contributed by atoms with van der Waals surface area (Å²) in [5.41, 5.74) is 2.63. The summed E-state index contributed by atoms with van der Waals surface area (Å²) < 4.78 is 2.17. The van der Waals surface area contributed by atoms with Crippen molar-refractivity contribution in [2.75, 3.05) is 19.0 Å². The molecule has 2 aliphatic rings. The van der Waals surface area contributed by atoms with Crippen LogP contribution in [0.2, 0.25) is 13.1 Å². The maximum atomic E-state index is 12.7. The van der Waals surface area contributed by atoms with E-state index in [1.165, 1.54) is 36.1 Å². The zero-order valence-electron chi connectivity index (χ0n) is 18.8. The Morgan fingerprint density at radius 3 is 1.88 bits per heavy atom. The first kappa shape index (κ1) is 22.0. The first-order valence-electron chi connectivity index (χ1n) is 10.6. The van der Waals surface area contributed by atoms with Gasteiger partial charge in [-0.25, -0.2) is 0 Å². The molecule has 0 aliphatic carbocycles. The van der Waals surface area contributed by atoms with Crippen LogP contribution in [0.4, 0.5) is 15.9 Å². The van der Waals surface area contributed by atoms with Gasteiger partial charge in [-0.3, -0.25) is 0 Å². The van der Waals surface area contributed by atoms with Gasteiger partial charge >= 0.3 is 206 Å². The summed E-state index contributed by atoms with van der Waals surface area (Å²) in [6.45, 7) is 4.81. The van der Waals surface area contributed by atoms with Gasteiger partial charge in [0.05, 0.1) is 0 Å². The average Bonchev–Trinajstić information content (AvgIpc) is 3.28. The molecule has 0 unspecified atom stereocenters. The first-order chi connectivity index (χ1) is 15.7. The van der Waals surface area contributed by atoms with E-state index in [1.807, 2.05) is 6.07 Å². The van der Waals surface area contributed by atoms with Crippen LogP contribution in [0.25, 0.3) is 6.08 Å². The molecule has 0 bridgehead atoms. The summed E-state index contributed by atoms with van der Waals surface area (Å²) in [5, 5.41) is 3.06. The first-order valence-corrected chi connectivity index (χ1v) is 15.7. The fraction of sp³-hybridized carbons (Fsp3) is 0.160. The molecule has 166 valence electrons. The molecule has 2 amide bonds. The predicted molar refractivity (Wildman–Crippen MR) is 141 cm³/mol. The number of anilines is 3. The topological polar surface area (TPSA) is 43.9 Å². The van der Waals surface area contributed by atoms with E-state index in [1.54, 1.807) is 20.2 Å². The van der Waals surface area contributed by atoms with Crippen molar-refractivity contribution >= 4 is 84.1 Å². The minimum absolute atomic E-state index is 0.0636. The van der Waals surface area contributed by atoms with Crippen LogP contribution >= 0.6 is 12.2 Å². The normalized spacial score (nSPS) is 17.3. The molecule has 33 heavy (non-hydrogen) atoms. The van der Waals surface area contributed by atoms with Crippen LogP contribution in [0.5, 0.6) is 0 Å². The average molecular weight is 537 g/mol. The molecular weight excluding hydrogens is 513 g/mol. The Morgan fingerprint density at radius 1 is 0.818 bits per heavy atom. The molecule has 0 N–H and O–H groups in total. The van der Waals surface area contributed by atoms with E-state index in [4.69, 9.17) is 12.2 Å². The SMILES string of the molecule is CN1C(=O)C(=Cc2ccc(N3c4ccccc4[Si](C)(C)c4ccccc43)[se]2)C(=O)N(C)C1=S. The van der Waals surface area contributed by atoms with E-state index in [9.17, 15) is 9.59 Å². The second kappa shape index (κ2) is 7.92. The van der Waals surface area contributed by atoms with E-state index < -0.39 is 8.07 Å². The molecule has 0 saturated carbocycles. The Morgan fingerprint density at radius 2 is 1.33 bits per heavy atom. The van der Waals surface area contributed by atoms with Crippen molar-refractivity contribution in [3.8, 4) is 0 Å². The van der Waals surface area contributed by atoms with E-state index in [2.05, 4.69) is 72.6 Å². The van der Waals surface area contributed by atoms with E-state index in [-0.39, 0.29) is 37.0 Å². The van der Waals surface area contributed by atoms with Gasteiger partial charge in [0.15, 0.2) is 0 Å². The van der Waals surface area contributed by atoms with Crippen molar-refractivity contribution in [2.45, 2.75) is 13.1 Å². The number of hydrogen-bond donors (Lipinski definition) is 0. The van der Waals surface area contributed by atoms with Crippen LogP contribution in [-0.2, 0) is 9.59 Å². The minimum atomic E-state index is -1.82. The molecule has 5 nitrogen and oxygen atoms in total. The monoisotopic (exact) mass is 537 g/mol. The van der Waals surface area contributed by atoms with Crippen molar-refractivity contribution < 1.29 is 9.59 Å². The van der Waals surface area contributed by atoms with Gasteiger partial charge in [0.1, 0.15) is 0 Å². The Kier molecular flexibility index (Phi) is 5.29. The van der Waals surface area contributed by atoms with Crippen LogP contribution < -0.4 is 15.3 Å². The number of rotatable bonds is 2. The summed E-state index contributed by atoms with van der Waals surface area (Å²) in [6, 6.07) is 21.5. The number of hydrogen-bond acceptors (Lipinski definition) is 4. The van der Waals surface area contributed by atoms with Crippen molar-refractivity contribution in [1.82, 2.24) is 9.80 Å². The van der Waals surface area contributed by atoms with Crippen LogP contribution in [0.1, 0.15) is 4.44 Å². The molecule has 8 heteroatoms. The maximum absolute atomic E-state index is 12.7. The summed E-state index contributed by atoms with van der Waals surface area (Å²) in [7, 11) is 1.39. The second-order valence-electron chi connectivity index (χ2n) is 8.74. The van der Waals surface area contributed by atoms with E-state index in [0.717, 1.165) is 4.44 Å². The number of para-hydroxylation sites is 2. The van der Waals surface area contributed by atoms with Crippen LogP contribution in [0.3, 0.4) is 0 Å². The third-order valence-corrected chi connectivity index (χ3v) is 12.6. The van der Waals surface area contributed by atoms with Crippen molar-refractivity contribution in [2.24, 2.45) is 0 Å². The molecule has 3 aromatic rings. The van der Waals surface area contributed by atoms with Crippen LogP contribution in [0.15, 0.2) is 66.2 Å². The molecule has 0 atom stereocenters. The molecule has 0 spiro atoms. The fourth-order valence-corrected chi connectivity index (χ4v) is 9.77. The molecule has 5 rings (SSSR count). The van der Waals surface area contributed by atoms with Gasteiger partial charge in [-0.1, -0.05) is 0 Å². The molecule has 2 aromatic carbocycles. The van der Waals surface area contributed by atoms with Crippen molar-refractivity contribution in [1.29, 1.82) is 0 Å². The van der Waals surface area contributed by atoms with E-state index >= 15 is 0 Å². The van der Waals surface area contributed by atoms with Crippen molar-refractivity contribution in [3.63, 3.8) is 0 Å². The number of fused-ring (bicyclic) bond motifs is 2. The molecule has 3 heterocycles. The Labute approximate surface area is 205 Å². The fourth-order valence-electron chi connectivity index (χ4n) is 4.56. The molecule has 0 radical (unpaired) electrons. The van der Waals surface area contributed by atoms with Crippen LogP contribution in [-0.4, -0.2) is 63.4 Å². The number of likely N-dealkylation sites (N-methyl/N-ethyl adjacent to an activating group) is 2. The van der Waals surface area contributed by atoms with Gasteiger partial charge < -0.3 is 0 Å². The summed E-state index contributed by atoms with van der Waals surface area (Å²) in [6.07, 6.45) is 1.74. The zero-order valence-corrected chi connectivity index (χ0v) is 22.4. The molecule has 2 aliphatic heterocycles.